The van der Waals surface area contributed by atoms with Gasteiger partial charge in [-0.15, -0.1) is 0 Å². The van der Waals surface area contributed by atoms with Crippen LogP contribution in [0.15, 0.2) is 30.7 Å². The highest BCUT2D eigenvalue weighted by atomic mass is 16.5. The predicted molar refractivity (Wildman–Crippen MR) is 84.3 cm³/mol. The van der Waals surface area contributed by atoms with Crippen LogP contribution >= 0.6 is 0 Å². The molecule has 8 nitrogen and oxygen atoms in total. The van der Waals surface area contributed by atoms with E-state index in [0.717, 1.165) is 5.69 Å². The number of amides is 1. The van der Waals surface area contributed by atoms with Crippen LogP contribution in [-0.2, 0) is 0 Å². The molecule has 0 saturated carbocycles. The Balaban J connectivity index is 1.62. The number of carbonyl (C=O) groups is 1. The number of pyridine rings is 1. The van der Waals surface area contributed by atoms with Crippen molar-refractivity contribution in [2.75, 3.05) is 13.1 Å². The lowest BCUT2D eigenvalue weighted by molar-refractivity contribution is 0.0869. The molecule has 1 amide bonds. The maximum Gasteiger partial charge on any atom is 0.407 e. The first-order valence-electron chi connectivity index (χ1n) is 7.68. The second kappa shape index (κ2) is 7.12. The Bertz CT molecular complexity index is 717. The van der Waals surface area contributed by atoms with Crippen LogP contribution in [0, 0.1) is 6.92 Å². The Kier molecular flexibility index (Phi) is 4.74. The maximum absolute atomic E-state index is 10.9. The average Bonchev–Trinajstić information content (AvgIpc) is 2.58. The summed E-state index contributed by atoms with van der Waals surface area (Å²) >= 11 is 0. The van der Waals surface area contributed by atoms with Crippen LogP contribution in [0.4, 0.5) is 4.79 Å². The Labute approximate surface area is 139 Å². The number of hydrogen-bond donors (Lipinski definition) is 1. The van der Waals surface area contributed by atoms with Crippen LogP contribution in [0.3, 0.4) is 0 Å². The van der Waals surface area contributed by atoms with Gasteiger partial charge in [0.2, 0.25) is 11.8 Å². The van der Waals surface area contributed by atoms with E-state index in [1.54, 1.807) is 18.3 Å². The van der Waals surface area contributed by atoms with Crippen LogP contribution in [0.1, 0.15) is 18.5 Å². The molecule has 0 radical (unpaired) electrons. The molecule has 0 bridgehead atoms. The summed E-state index contributed by atoms with van der Waals surface area (Å²) in [4.78, 5) is 24.6. The number of aromatic nitrogens is 3. The first kappa shape index (κ1) is 16.0. The van der Waals surface area contributed by atoms with Gasteiger partial charge in [0.1, 0.15) is 12.4 Å². The zero-order chi connectivity index (χ0) is 16.9. The lowest BCUT2D eigenvalue weighted by Gasteiger charge is -2.29. The van der Waals surface area contributed by atoms with Crippen LogP contribution < -0.4 is 9.47 Å². The van der Waals surface area contributed by atoms with Gasteiger partial charge in [-0.2, -0.15) is 0 Å². The highest BCUT2D eigenvalue weighted by Crippen LogP contribution is 2.24. The molecule has 24 heavy (non-hydrogen) atoms. The van der Waals surface area contributed by atoms with E-state index in [4.69, 9.17) is 14.6 Å². The smallest absolute Gasteiger partial charge is 0.407 e. The van der Waals surface area contributed by atoms with E-state index in [9.17, 15) is 4.79 Å². The fourth-order valence-corrected chi connectivity index (χ4v) is 2.47. The van der Waals surface area contributed by atoms with Gasteiger partial charge in [-0.25, -0.2) is 14.8 Å². The molecule has 1 aliphatic heterocycles. The van der Waals surface area contributed by atoms with Crippen molar-refractivity contribution in [2.24, 2.45) is 0 Å². The van der Waals surface area contributed by atoms with Crippen molar-refractivity contribution in [1.82, 2.24) is 19.9 Å². The van der Waals surface area contributed by atoms with Crippen LogP contribution in [-0.4, -0.2) is 50.2 Å². The largest absolute Gasteiger partial charge is 0.474 e. The summed E-state index contributed by atoms with van der Waals surface area (Å²) in [6, 6.07) is 5.22. The second-order valence-electron chi connectivity index (χ2n) is 5.47. The molecule has 2 aromatic rings. The summed E-state index contributed by atoms with van der Waals surface area (Å²) in [6.07, 6.45) is 3.38. The van der Waals surface area contributed by atoms with E-state index in [0.29, 0.717) is 43.4 Å². The van der Waals surface area contributed by atoms with E-state index < -0.39 is 6.09 Å². The molecule has 2 aromatic heterocycles. The number of carboxylic acid groups (broad SMARTS) is 1. The van der Waals surface area contributed by atoms with E-state index in [-0.39, 0.29) is 6.10 Å². The number of piperidine rings is 1. The van der Waals surface area contributed by atoms with Crippen molar-refractivity contribution in [1.29, 1.82) is 0 Å². The molecule has 0 aromatic carbocycles. The summed E-state index contributed by atoms with van der Waals surface area (Å²) in [5, 5.41) is 8.96. The van der Waals surface area contributed by atoms with Gasteiger partial charge in [-0.1, -0.05) is 0 Å². The molecular weight excluding hydrogens is 312 g/mol. The molecule has 3 rings (SSSR count). The van der Waals surface area contributed by atoms with Crippen molar-refractivity contribution in [3.05, 3.63) is 36.4 Å². The quantitative estimate of drug-likeness (QED) is 0.919. The van der Waals surface area contributed by atoms with Crippen LogP contribution in [0.25, 0.3) is 0 Å². The fraction of sp³-hybridized carbons (Fsp3) is 0.375. The normalized spacial score (nSPS) is 15.1. The molecule has 1 N–H and O–H groups in total. The van der Waals surface area contributed by atoms with Gasteiger partial charge < -0.3 is 19.5 Å². The Morgan fingerprint density at radius 2 is 2.00 bits per heavy atom. The van der Waals surface area contributed by atoms with Gasteiger partial charge in [0.05, 0.1) is 11.8 Å². The number of nitrogens with zero attached hydrogens (tertiary/aromatic N) is 4. The Morgan fingerprint density at radius 1 is 1.25 bits per heavy atom. The highest BCUT2D eigenvalue weighted by Gasteiger charge is 2.23. The van der Waals surface area contributed by atoms with E-state index in [1.165, 1.54) is 11.2 Å². The zero-order valence-corrected chi connectivity index (χ0v) is 13.3. The van der Waals surface area contributed by atoms with E-state index >= 15 is 0 Å². The monoisotopic (exact) mass is 330 g/mol. The summed E-state index contributed by atoms with van der Waals surface area (Å²) < 4.78 is 11.5. The van der Waals surface area contributed by atoms with Gasteiger partial charge in [0.15, 0.2) is 5.75 Å². The molecule has 0 aliphatic carbocycles. The Morgan fingerprint density at radius 3 is 2.71 bits per heavy atom. The third-order valence-electron chi connectivity index (χ3n) is 3.79. The number of aryl methyl sites for hydroxylation is 1. The van der Waals surface area contributed by atoms with Crippen molar-refractivity contribution in [3.8, 4) is 17.5 Å². The summed E-state index contributed by atoms with van der Waals surface area (Å²) in [6.45, 7) is 2.77. The van der Waals surface area contributed by atoms with E-state index in [1.807, 2.05) is 13.0 Å². The Hall–Kier alpha value is -2.90. The lowest BCUT2D eigenvalue weighted by Crippen LogP contribution is -2.41. The number of ether oxygens (including phenoxy) is 2. The highest BCUT2D eigenvalue weighted by molar-refractivity contribution is 5.65. The molecule has 126 valence electrons. The molecule has 1 fully saturated rings. The first-order valence-corrected chi connectivity index (χ1v) is 7.68. The molecule has 0 spiro atoms. The topological polar surface area (TPSA) is 97.7 Å². The molecule has 1 aliphatic rings. The molecular formula is C16H18N4O4. The number of hydrogen-bond acceptors (Lipinski definition) is 6. The molecule has 8 heteroatoms. The average molecular weight is 330 g/mol. The van der Waals surface area contributed by atoms with Crippen molar-refractivity contribution in [3.63, 3.8) is 0 Å². The number of likely N-dealkylation sites (tertiary alicyclic amines) is 1. The van der Waals surface area contributed by atoms with Gasteiger partial charge in [-0.3, -0.25) is 4.98 Å². The summed E-state index contributed by atoms with van der Waals surface area (Å²) in [5.41, 5.74) is 0.764. The van der Waals surface area contributed by atoms with Crippen LogP contribution in [0.2, 0.25) is 0 Å². The molecule has 3 heterocycles. The number of rotatable bonds is 4. The first-order chi connectivity index (χ1) is 11.6. The third kappa shape index (κ3) is 3.89. The second-order valence-corrected chi connectivity index (χ2v) is 5.47. The zero-order valence-electron chi connectivity index (χ0n) is 13.3. The lowest BCUT2D eigenvalue weighted by atomic mass is 10.1. The van der Waals surface area contributed by atoms with Gasteiger partial charge in [0.25, 0.3) is 0 Å². The molecule has 0 unspecified atom stereocenters. The summed E-state index contributed by atoms with van der Waals surface area (Å²) in [7, 11) is 0. The standard InChI is InChI=1S/C16H18N4O4/c1-11-13(3-2-6-17-11)24-15-9-14(18-10-19-15)23-12-4-7-20(8-5-12)16(21)22/h2-3,6,9-10,12H,4-5,7-8H2,1H3,(H,21,22). The van der Waals surface area contributed by atoms with Gasteiger partial charge >= 0.3 is 6.09 Å². The maximum atomic E-state index is 10.9. The van der Waals surface area contributed by atoms with Gasteiger partial charge in [0, 0.05) is 32.1 Å². The predicted octanol–water partition coefficient (Wildman–Crippen LogP) is 2.49. The third-order valence-corrected chi connectivity index (χ3v) is 3.79. The minimum absolute atomic E-state index is 0.0662. The fourth-order valence-electron chi connectivity index (χ4n) is 2.47. The van der Waals surface area contributed by atoms with Crippen molar-refractivity contribution < 1.29 is 19.4 Å². The summed E-state index contributed by atoms with van der Waals surface area (Å²) in [5.74, 6) is 1.41. The molecule has 1 saturated heterocycles. The SMILES string of the molecule is Cc1ncccc1Oc1cc(OC2CCN(C(=O)O)CC2)ncn1. The molecule has 0 atom stereocenters. The minimum atomic E-state index is -0.891. The minimum Gasteiger partial charge on any atom is -0.474 e. The van der Waals surface area contributed by atoms with Crippen molar-refractivity contribution >= 4 is 6.09 Å². The van der Waals surface area contributed by atoms with Crippen LogP contribution in [0.5, 0.6) is 17.5 Å². The van der Waals surface area contributed by atoms with Crippen molar-refractivity contribution in [2.45, 2.75) is 25.9 Å². The van der Waals surface area contributed by atoms with E-state index in [2.05, 4.69) is 15.0 Å². The van der Waals surface area contributed by atoms with Gasteiger partial charge in [-0.05, 0) is 19.1 Å².